The van der Waals surface area contributed by atoms with Gasteiger partial charge in [-0.1, -0.05) is 0 Å². The second-order valence-electron chi connectivity index (χ2n) is 2.69. The van der Waals surface area contributed by atoms with E-state index in [-0.39, 0.29) is 5.88 Å². The predicted octanol–water partition coefficient (Wildman–Crippen LogP) is -1.97. The number of halogens is 1. The fraction of sp³-hybridized carbons (Fsp3) is 1.00. The molecule has 0 bridgehead atoms. The first-order valence-corrected chi connectivity index (χ1v) is 4.05. The molecule has 0 spiro atoms. The summed E-state index contributed by atoms with van der Waals surface area (Å²) in [6.07, 6.45) is -6.51. The second kappa shape index (κ2) is 3.87. The maximum atomic E-state index is 9.20. The van der Waals surface area contributed by atoms with E-state index in [9.17, 15) is 5.11 Å². The lowest BCUT2D eigenvalue weighted by molar-refractivity contribution is -0.276. The van der Waals surface area contributed by atoms with Crippen LogP contribution in [0.1, 0.15) is 0 Å². The highest BCUT2D eigenvalue weighted by atomic mass is 35.5. The van der Waals surface area contributed by atoms with Crippen molar-refractivity contribution in [3.63, 3.8) is 0 Å². The van der Waals surface area contributed by atoms with Crippen molar-refractivity contribution in [2.45, 2.75) is 30.7 Å². The van der Waals surface area contributed by atoms with Crippen molar-refractivity contribution in [3.8, 4) is 0 Å². The first-order valence-electron chi connectivity index (χ1n) is 3.51. The van der Waals surface area contributed by atoms with E-state index >= 15 is 0 Å². The Bertz CT molecular complexity index is 150. The molecule has 0 aromatic carbocycles. The molecule has 72 valence electrons. The lowest BCUT2D eigenvalue weighted by Crippen LogP contribution is -2.57. The molecular formula is C6H11ClO5. The van der Waals surface area contributed by atoms with E-state index in [2.05, 4.69) is 0 Å². The third-order valence-electron chi connectivity index (χ3n) is 1.84. The van der Waals surface area contributed by atoms with Crippen LogP contribution in [-0.4, -0.2) is 57.0 Å². The van der Waals surface area contributed by atoms with Gasteiger partial charge in [-0.25, -0.2) is 0 Å². The zero-order valence-electron chi connectivity index (χ0n) is 6.17. The molecule has 1 fully saturated rings. The second-order valence-corrected chi connectivity index (χ2v) is 3.00. The summed E-state index contributed by atoms with van der Waals surface area (Å²) >= 11 is 5.36. The molecule has 0 unspecified atom stereocenters. The highest BCUT2D eigenvalue weighted by Crippen LogP contribution is 2.20. The monoisotopic (exact) mass is 198 g/mol. The van der Waals surface area contributed by atoms with Crippen LogP contribution in [-0.2, 0) is 4.74 Å². The molecule has 1 heterocycles. The smallest absolute Gasteiger partial charge is 0.184 e. The molecule has 0 amide bonds. The minimum Gasteiger partial charge on any atom is -0.388 e. The fourth-order valence-electron chi connectivity index (χ4n) is 1.06. The Morgan fingerprint density at radius 1 is 1.00 bits per heavy atom. The van der Waals surface area contributed by atoms with Crippen LogP contribution < -0.4 is 0 Å². The maximum absolute atomic E-state index is 9.20. The van der Waals surface area contributed by atoms with Gasteiger partial charge in [0.25, 0.3) is 0 Å². The van der Waals surface area contributed by atoms with E-state index in [0.29, 0.717) is 0 Å². The molecule has 1 aliphatic rings. The van der Waals surface area contributed by atoms with Crippen molar-refractivity contribution in [2.75, 3.05) is 5.88 Å². The predicted molar refractivity (Wildman–Crippen MR) is 39.6 cm³/mol. The van der Waals surface area contributed by atoms with Crippen LogP contribution in [0.5, 0.6) is 0 Å². The van der Waals surface area contributed by atoms with Gasteiger partial charge >= 0.3 is 0 Å². The van der Waals surface area contributed by atoms with Gasteiger partial charge in [-0.2, -0.15) is 0 Å². The van der Waals surface area contributed by atoms with Gasteiger partial charge in [-0.15, -0.1) is 11.6 Å². The number of alkyl halides is 1. The summed E-state index contributed by atoms with van der Waals surface area (Å²) < 4.78 is 4.69. The standard InChI is InChI=1S/C6H11ClO5/c7-1-2-3(8)4(9)5(10)6(11)12-2/h2-6,8-11H,1H2/t2-,3+,4+,5-,6-/m0/s1. The molecule has 0 aromatic rings. The quantitative estimate of drug-likeness (QED) is 0.367. The summed E-state index contributed by atoms with van der Waals surface area (Å²) in [7, 11) is 0. The van der Waals surface area contributed by atoms with Crippen LogP contribution >= 0.6 is 11.6 Å². The number of hydrogen-bond acceptors (Lipinski definition) is 5. The topological polar surface area (TPSA) is 90.2 Å². The zero-order valence-corrected chi connectivity index (χ0v) is 6.92. The molecule has 4 N–H and O–H groups in total. The van der Waals surface area contributed by atoms with Gasteiger partial charge < -0.3 is 25.2 Å². The summed E-state index contributed by atoms with van der Waals surface area (Å²) in [5.74, 6) is -0.0536. The van der Waals surface area contributed by atoms with E-state index < -0.39 is 30.7 Å². The Kier molecular flexibility index (Phi) is 3.28. The van der Waals surface area contributed by atoms with Crippen LogP contribution in [0.2, 0.25) is 0 Å². The van der Waals surface area contributed by atoms with Gasteiger partial charge in [-0.05, 0) is 0 Å². The van der Waals surface area contributed by atoms with E-state index in [0.717, 1.165) is 0 Å². The molecule has 6 heteroatoms. The van der Waals surface area contributed by atoms with Crippen LogP contribution in [0.15, 0.2) is 0 Å². The van der Waals surface area contributed by atoms with E-state index in [1.54, 1.807) is 0 Å². The minimum atomic E-state index is -1.49. The van der Waals surface area contributed by atoms with E-state index in [1.807, 2.05) is 0 Å². The number of aliphatic hydroxyl groups is 4. The third kappa shape index (κ3) is 1.71. The molecule has 0 aliphatic carbocycles. The molecule has 1 saturated heterocycles. The van der Waals surface area contributed by atoms with Gasteiger partial charge in [0.05, 0.1) is 5.88 Å². The zero-order chi connectivity index (χ0) is 9.30. The van der Waals surface area contributed by atoms with E-state index in [4.69, 9.17) is 31.7 Å². The minimum absolute atomic E-state index is 0.0536. The highest BCUT2D eigenvalue weighted by Gasteiger charge is 2.42. The van der Waals surface area contributed by atoms with Gasteiger partial charge in [0, 0.05) is 0 Å². The maximum Gasteiger partial charge on any atom is 0.184 e. The van der Waals surface area contributed by atoms with Gasteiger partial charge in [0.1, 0.15) is 24.4 Å². The fourth-order valence-corrected chi connectivity index (χ4v) is 1.31. The number of rotatable bonds is 1. The van der Waals surface area contributed by atoms with Crippen molar-refractivity contribution in [2.24, 2.45) is 0 Å². The number of ether oxygens (including phenoxy) is 1. The van der Waals surface area contributed by atoms with Crippen LogP contribution in [0.25, 0.3) is 0 Å². The van der Waals surface area contributed by atoms with Gasteiger partial charge in [0.15, 0.2) is 6.29 Å². The Morgan fingerprint density at radius 2 is 1.58 bits per heavy atom. The largest absolute Gasteiger partial charge is 0.388 e. The Morgan fingerprint density at radius 3 is 2.08 bits per heavy atom. The summed E-state index contributed by atoms with van der Waals surface area (Å²) in [6.45, 7) is 0. The summed E-state index contributed by atoms with van der Waals surface area (Å²) in [4.78, 5) is 0. The van der Waals surface area contributed by atoms with Crippen LogP contribution in [0.3, 0.4) is 0 Å². The van der Waals surface area contributed by atoms with Crippen molar-refractivity contribution in [1.29, 1.82) is 0 Å². The Hall–Kier alpha value is 0.0900. The van der Waals surface area contributed by atoms with Crippen molar-refractivity contribution >= 4 is 11.6 Å². The van der Waals surface area contributed by atoms with E-state index in [1.165, 1.54) is 0 Å². The van der Waals surface area contributed by atoms with Crippen molar-refractivity contribution in [1.82, 2.24) is 0 Å². The molecule has 0 saturated carbocycles. The Balaban J connectivity index is 2.63. The lowest BCUT2D eigenvalue weighted by atomic mass is 10.0. The molecule has 12 heavy (non-hydrogen) atoms. The normalized spacial score (nSPS) is 49.2. The first kappa shape index (κ1) is 10.2. The Labute approximate surface area is 74.2 Å². The summed E-state index contributed by atoms with van der Waals surface area (Å²) in [5.41, 5.74) is 0. The molecular weight excluding hydrogens is 188 g/mol. The lowest BCUT2D eigenvalue weighted by Gasteiger charge is -2.37. The molecule has 1 rings (SSSR count). The first-order chi connectivity index (χ1) is 5.57. The molecule has 0 aromatic heterocycles. The average Bonchev–Trinajstić information content (AvgIpc) is 2.08. The molecule has 1 aliphatic heterocycles. The van der Waals surface area contributed by atoms with Crippen molar-refractivity contribution < 1.29 is 25.2 Å². The summed E-state index contributed by atoms with van der Waals surface area (Å²) in [6, 6.07) is 0. The number of hydrogen-bond donors (Lipinski definition) is 4. The van der Waals surface area contributed by atoms with Gasteiger partial charge in [-0.3, -0.25) is 0 Å². The SMILES string of the molecule is O[C@@H]1[C@H](O)[C@H](CCl)O[C@H](O)[C@H]1O. The average molecular weight is 199 g/mol. The molecule has 5 nitrogen and oxygen atoms in total. The van der Waals surface area contributed by atoms with Gasteiger partial charge in [0.2, 0.25) is 0 Å². The number of aliphatic hydroxyl groups excluding tert-OH is 4. The molecule has 0 radical (unpaired) electrons. The van der Waals surface area contributed by atoms with Crippen LogP contribution in [0.4, 0.5) is 0 Å². The summed E-state index contributed by atoms with van der Waals surface area (Å²) in [5, 5.41) is 36.3. The van der Waals surface area contributed by atoms with Crippen LogP contribution in [0, 0.1) is 0 Å². The van der Waals surface area contributed by atoms with Crippen molar-refractivity contribution in [3.05, 3.63) is 0 Å². The highest BCUT2D eigenvalue weighted by molar-refractivity contribution is 6.18. The third-order valence-corrected chi connectivity index (χ3v) is 2.14. The molecule has 5 atom stereocenters.